The fraction of sp³-hybridized carbons (Fsp3) is 0.545. The summed E-state index contributed by atoms with van der Waals surface area (Å²) in [7, 11) is 3.33. The molecule has 0 amide bonds. The van der Waals surface area contributed by atoms with Gasteiger partial charge in [-0.1, -0.05) is 13.0 Å². The number of hydrogen-bond acceptors (Lipinski definition) is 2. The van der Waals surface area contributed by atoms with Crippen molar-refractivity contribution < 1.29 is 38.0 Å². The van der Waals surface area contributed by atoms with E-state index in [9.17, 15) is 0 Å². The van der Waals surface area contributed by atoms with Crippen LogP contribution in [0.3, 0.4) is 0 Å². The molecule has 0 atom stereocenters. The Morgan fingerprint density at radius 3 is 2.00 bits per heavy atom. The van der Waals surface area contributed by atoms with Gasteiger partial charge in [-0.3, -0.25) is 9.47 Å². The van der Waals surface area contributed by atoms with E-state index in [-0.39, 0.29) is 24.0 Å². The number of hydrogen-bond donors (Lipinski definition) is 0. The normalized spacial score (nSPS) is 10.9. The van der Waals surface area contributed by atoms with Gasteiger partial charge in [0, 0.05) is 26.4 Å². The Balaban J connectivity index is 0.00000196. The predicted molar refractivity (Wildman–Crippen MR) is 53.5 cm³/mol. The third-order valence-electron chi connectivity index (χ3n) is 2.31. The van der Waals surface area contributed by atoms with Gasteiger partial charge in [-0.15, -0.1) is 4.57 Å². The fourth-order valence-corrected chi connectivity index (χ4v) is 1.57. The van der Waals surface area contributed by atoms with Crippen LogP contribution in [-0.2, 0) is 15.4 Å². The second kappa shape index (κ2) is 7.14. The molecule has 0 aliphatic rings. The first-order valence-electron chi connectivity index (χ1n) is 4.86. The second-order valence-electron chi connectivity index (χ2n) is 3.15. The maximum absolute atomic E-state index is 5.45. The summed E-state index contributed by atoms with van der Waals surface area (Å²) in [6, 6.07) is 5.89. The number of ether oxygens (including phenoxy) is 2. The van der Waals surface area contributed by atoms with Crippen molar-refractivity contribution in [2.24, 2.45) is 0 Å². The van der Waals surface area contributed by atoms with Gasteiger partial charge in [0.15, 0.2) is 12.4 Å². The summed E-state index contributed by atoms with van der Waals surface area (Å²) in [5, 5.41) is 0. The van der Waals surface area contributed by atoms with E-state index >= 15 is 0 Å². The Bertz CT molecular complexity index is 263. The lowest BCUT2D eigenvalue weighted by atomic mass is 10.2. The Hall–Kier alpha value is -0.200. The molecule has 86 valence electrons. The maximum atomic E-state index is 5.45. The SMILES string of the molecule is CCCC(OC)(OC)[n+]1ccccc1.[I-]. The van der Waals surface area contributed by atoms with E-state index in [0.717, 1.165) is 12.8 Å². The molecule has 4 heteroatoms. The fourth-order valence-electron chi connectivity index (χ4n) is 1.57. The van der Waals surface area contributed by atoms with E-state index in [1.165, 1.54) is 0 Å². The van der Waals surface area contributed by atoms with Gasteiger partial charge in [0.1, 0.15) is 0 Å². The van der Waals surface area contributed by atoms with Gasteiger partial charge in [-0.05, 0) is 6.42 Å². The van der Waals surface area contributed by atoms with E-state index in [0.29, 0.717) is 0 Å². The lowest BCUT2D eigenvalue weighted by molar-refractivity contribution is -0.855. The molecule has 0 spiro atoms. The Kier molecular flexibility index (Phi) is 7.04. The van der Waals surface area contributed by atoms with Gasteiger partial charge in [0.25, 0.3) is 0 Å². The lowest BCUT2D eigenvalue weighted by Crippen LogP contribution is -3.00. The first-order chi connectivity index (χ1) is 6.79. The number of halogens is 1. The molecule has 1 rings (SSSR count). The zero-order chi connectivity index (χ0) is 10.4. The van der Waals surface area contributed by atoms with Gasteiger partial charge >= 0.3 is 5.91 Å². The molecule has 1 aromatic heterocycles. The molecular weight excluding hydrogens is 305 g/mol. The summed E-state index contributed by atoms with van der Waals surface area (Å²) in [4.78, 5) is 0. The molecule has 0 saturated heterocycles. The zero-order valence-corrected chi connectivity index (χ0v) is 11.6. The average Bonchev–Trinajstić information content (AvgIpc) is 2.27. The van der Waals surface area contributed by atoms with E-state index in [2.05, 4.69) is 6.92 Å². The third kappa shape index (κ3) is 3.39. The van der Waals surface area contributed by atoms with Crippen LogP contribution >= 0.6 is 0 Å². The van der Waals surface area contributed by atoms with Crippen molar-refractivity contribution in [1.29, 1.82) is 0 Å². The van der Waals surface area contributed by atoms with Crippen LogP contribution in [0.25, 0.3) is 0 Å². The minimum Gasteiger partial charge on any atom is -1.00 e. The summed E-state index contributed by atoms with van der Waals surface area (Å²) in [6.45, 7) is 2.11. The van der Waals surface area contributed by atoms with Crippen LogP contribution in [0.5, 0.6) is 0 Å². The van der Waals surface area contributed by atoms with Gasteiger partial charge in [-0.2, -0.15) is 0 Å². The highest BCUT2D eigenvalue weighted by Crippen LogP contribution is 2.17. The molecule has 3 nitrogen and oxygen atoms in total. The standard InChI is InChI=1S/C11H18NO2.HI/c1-4-8-11(13-2,14-3)12-9-6-5-7-10-12;/h5-7,9-10H,4,8H2,1-3H3;1H/q+1;/p-1. The number of nitrogens with zero attached hydrogens (tertiary/aromatic N) is 1. The second-order valence-corrected chi connectivity index (χ2v) is 3.15. The van der Waals surface area contributed by atoms with Crippen LogP contribution in [0.15, 0.2) is 30.6 Å². The molecule has 0 unspecified atom stereocenters. The van der Waals surface area contributed by atoms with E-state index in [1.807, 2.05) is 35.2 Å². The van der Waals surface area contributed by atoms with Crippen LogP contribution < -0.4 is 28.5 Å². The smallest absolute Gasteiger partial charge is 0.390 e. The van der Waals surface area contributed by atoms with Crippen molar-refractivity contribution in [2.75, 3.05) is 14.2 Å². The van der Waals surface area contributed by atoms with Crippen molar-refractivity contribution in [3.8, 4) is 0 Å². The Morgan fingerprint density at radius 1 is 1.07 bits per heavy atom. The molecule has 0 bridgehead atoms. The van der Waals surface area contributed by atoms with Crippen LogP contribution in [0.4, 0.5) is 0 Å². The monoisotopic (exact) mass is 323 g/mol. The molecule has 0 saturated carbocycles. The van der Waals surface area contributed by atoms with Gasteiger partial charge in [-0.25, -0.2) is 0 Å². The molecule has 1 aromatic rings. The number of methoxy groups -OCH3 is 2. The average molecular weight is 323 g/mol. The molecule has 15 heavy (non-hydrogen) atoms. The van der Waals surface area contributed by atoms with Crippen LogP contribution in [0, 0.1) is 0 Å². The summed E-state index contributed by atoms with van der Waals surface area (Å²) in [5.74, 6) is -0.657. The summed E-state index contributed by atoms with van der Waals surface area (Å²) in [5.41, 5.74) is 0. The van der Waals surface area contributed by atoms with Crippen molar-refractivity contribution in [2.45, 2.75) is 25.7 Å². The van der Waals surface area contributed by atoms with Crippen LogP contribution in [0.1, 0.15) is 19.8 Å². The molecule has 0 aliphatic carbocycles. The minimum absolute atomic E-state index is 0. The Labute approximate surface area is 108 Å². The van der Waals surface area contributed by atoms with E-state index in [4.69, 9.17) is 9.47 Å². The minimum atomic E-state index is -0.657. The van der Waals surface area contributed by atoms with Crippen LogP contribution in [-0.4, -0.2) is 14.2 Å². The highest BCUT2D eigenvalue weighted by molar-refractivity contribution is 4.84. The van der Waals surface area contributed by atoms with E-state index in [1.54, 1.807) is 14.2 Å². The van der Waals surface area contributed by atoms with Crippen molar-refractivity contribution in [3.63, 3.8) is 0 Å². The van der Waals surface area contributed by atoms with Crippen molar-refractivity contribution in [3.05, 3.63) is 30.6 Å². The topological polar surface area (TPSA) is 22.3 Å². The summed E-state index contributed by atoms with van der Waals surface area (Å²) < 4.78 is 12.8. The Morgan fingerprint density at radius 2 is 1.60 bits per heavy atom. The predicted octanol–water partition coefficient (Wildman–Crippen LogP) is -1.32. The molecule has 0 radical (unpaired) electrons. The third-order valence-corrected chi connectivity index (χ3v) is 2.31. The summed E-state index contributed by atoms with van der Waals surface area (Å²) in [6.07, 6.45) is 5.73. The maximum Gasteiger partial charge on any atom is 0.390 e. The first-order valence-corrected chi connectivity index (χ1v) is 4.86. The number of pyridine rings is 1. The van der Waals surface area contributed by atoms with Gasteiger partial charge < -0.3 is 24.0 Å². The molecule has 0 fully saturated rings. The quantitative estimate of drug-likeness (QED) is 0.381. The largest absolute Gasteiger partial charge is 1.00 e. The molecule has 0 aliphatic heterocycles. The van der Waals surface area contributed by atoms with E-state index < -0.39 is 5.91 Å². The van der Waals surface area contributed by atoms with Crippen LogP contribution in [0.2, 0.25) is 0 Å². The van der Waals surface area contributed by atoms with Crippen molar-refractivity contribution in [1.82, 2.24) is 0 Å². The van der Waals surface area contributed by atoms with Gasteiger partial charge in [0.05, 0.1) is 6.42 Å². The molecule has 0 N–H and O–H groups in total. The first kappa shape index (κ1) is 14.8. The molecule has 0 aromatic carbocycles. The lowest BCUT2D eigenvalue weighted by Gasteiger charge is -2.23. The molecular formula is C11H18INO2. The van der Waals surface area contributed by atoms with Crippen molar-refractivity contribution >= 4 is 0 Å². The number of rotatable bonds is 5. The zero-order valence-electron chi connectivity index (χ0n) is 9.44. The molecule has 1 heterocycles. The van der Waals surface area contributed by atoms with Gasteiger partial charge in [0.2, 0.25) is 0 Å². The number of aromatic nitrogens is 1. The summed E-state index contributed by atoms with van der Waals surface area (Å²) >= 11 is 0. The highest BCUT2D eigenvalue weighted by atomic mass is 127. The highest BCUT2D eigenvalue weighted by Gasteiger charge is 2.39.